The molecule has 5 rings (SSSR count). The van der Waals surface area contributed by atoms with Crippen molar-refractivity contribution in [3.63, 3.8) is 0 Å². The van der Waals surface area contributed by atoms with E-state index in [4.69, 9.17) is 5.73 Å². The number of nitrogens with two attached hydrogens (primary N) is 1. The Morgan fingerprint density at radius 2 is 1.36 bits per heavy atom. The third-order valence-corrected chi connectivity index (χ3v) is 5.75. The Kier molecular flexibility index (Phi) is 4.34. The molecule has 0 bridgehead atoms. The van der Waals surface area contributed by atoms with Crippen LogP contribution in [0.5, 0.6) is 0 Å². The first-order chi connectivity index (χ1) is 13.9. The van der Waals surface area contributed by atoms with Gasteiger partial charge in [-0.15, -0.1) is 0 Å². The van der Waals surface area contributed by atoms with Crippen molar-refractivity contribution < 1.29 is 0 Å². The van der Waals surface area contributed by atoms with Crippen molar-refractivity contribution in [2.45, 2.75) is 19.3 Å². The number of aromatic nitrogens is 1. The average molecular weight is 364 g/mol. The molecule has 0 atom stereocenters. The Morgan fingerprint density at radius 1 is 0.643 bits per heavy atom. The van der Waals surface area contributed by atoms with Crippen molar-refractivity contribution in [1.29, 1.82) is 0 Å². The molecule has 0 aliphatic carbocycles. The second-order valence-electron chi connectivity index (χ2n) is 7.46. The molecule has 138 valence electrons. The van der Waals surface area contributed by atoms with Crippen molar-refractivity contribution in [2.75, 3.05) is 6.54 Å². The SMILES string of the molecule is NCCCCc1c(-c2cccc3ccccc23)[nH]c2c1ccc1ccccc12. The van der Waals surface area contributed by atoms with E-state index in [1.54, 1.807) is 0 Å². The summed E-state index contributed by atoms with van der Waals surface area (Å²) in [6.45, 7) is 0.745. The minimum absolute atomic E-state index is 0.745. The van der Waals surface area contributed by atoms with Gasteiger partial charge in [-0.2, -0.15) is 0 Å². The standard InChI is InChI=1S/C26H24N2/c27-17-6-5-13-23-24-16-15-19-9-2-4-12-21(19)25(24)28-26(23)22-14-7-10-18-8-1-3-11-20(18)22/h1-4,7-12,14-16,28H,5-6,13,17,27H2. The smallest absolute Gasteiger partial charge is 0.0541 e. The van der Waals surface area contributed by atoms with Gasteiger partial charge < -0.3 is 10.7 Å². The lowest BCUT2D eigenvalue weighted by Crippen LogP contribution is -1.99. The van der Waals surface area contributed by atoms with Gasteiger partial charge in [0.15, 0.2) is 0 Å². The van der Waals surface area contributed by atoms with Crippen LogP contribution in [0.4, 0.5) is 0 Å². The molecule has 1 aromatic heterocycles. The van der Waals surface area contributed by atoms with Crippen LogP contribution < -0.4 is 5.73 Å². The summed E-state index contributed by atoms with van der Waals surface area (Å²) in [4.78, 5) is 3.81. The first-order valence-corrected chi connectivity index (χ1v) is 10.1. The van der Waals surface area contributed by atoms with Crippen molar-refractivity contribution >= 4 is 32.4 Å². The van der Waals surface area contributed by atoms with Crippen LogP contribution in [-0.2, 0) is 6.42 Å². The Bertz CT molecular complexity index is 1270. The van der Waals surface area contributed by atoms with Gasteiger partial charge in [0.2, 0.25) is 0 Å². The van der Waals surface area contributed by atoms with Crippen LogP contribution in [0.15, 0.2) is 78.9 Å². The van der Waals surface area contributed by atoms with E-state index < -0.39 is 0 Å². The molecule has 2 heteroatoms. The molecule has 28 heavy (non-hydrogen) atoms. The van der Waals surface area contributed by atoms with Gasteiger partial charge in [0.05, 0.1) is 11.2 Å². The van der Waals surface area contributed by atoms with Crippen LogP contribution in [0.2, 0.25) is 0 Å². The zero-order valence-corrected chi connectivity index (χ0v) is 15.9. The number of benzene rings is 4. The van der Waals surface area contributed by atoms with Gasteiger partial charge in [0.1, 0.15) is 0 Å². The first-order valence-electron chi connectivity index (χ1n) is 10.1. The summed E-state index contributed by atoms with van der Waals surface area (Å²) in [6, 6.07) is 28.3. The van der Waals surface area contributed by atoms with E-state index in [-0.39, 0.29) is 0 Å². The minimum Gasteiger partial charge on any atom is -0.354 e. The van der Waals surface area contributed by atoms with Crippen LogP contribution in [0, 0.1) is 0 Å². The topological polar surface area (TPSA) is 41.8 Å². The number of nitrogens with one attached hydrogen (secondary N) is 1. The molecule has 3 N–H and O–H groups in total. The Morgan fingerprint density at radius 3 is 2.18 bits per heavy atom. The highest BCUT2D eigenvalue weighted by Crippen LogP contribution is 2.37. The monoisotopic (exact) mass is 364 g/mol. The summed E-state index contributed by atoms with van der Waals surface area (Å²) in [7, 11) is 0. The average Bonchev–Trinajstić information content (AvgIpc) is 3.12. The molecule has 0 fully saturated rings. The molecule has 0 saturated heterocycles. The first kappa shape index (κ1) is 17.0. The van der Waals surface area contributed by atoms with Crippen LogP contribution in [0.3, 0.4) is 0 Å². The van der Waals surface area contributed by atoms with Crippen LogP contribution in [0.25, 0.3) is 43.7 Å². The third-order valence-electron chi connectivity index (χ3n) is 5.75. The fourth-order valence-electron chi connectivity index (χ4n) is 4.37. The maximum atomic E-state index is 5.77. The third kappa shape index (κ3) is 2.78. The van der Waals surface area contributed by atoms with E-state index in [9.17, 15) is 0 Å². The summed E-state index contributed by atoms with van der Waals surface area (Å²) in [5, 5.41) is 6.46. The Balaban J connectivity index is 1.81. The molecule has 1 heterocycles. The van der Waals surface area contributed by atoms with Crippen molar-refractivity contribution in [1.82, 2.24) is 4.98 Å². The van der Waals surface area contributed by atoms with Crippen molar-refractivity contribution in [3.8, 4) is 11.3 Å². The van der Waals surface area contributed by atoms with Gasteiger partial charge in [0, 0.05) is 16.3 Å². The number of rotatable bonds is 5. The second-order valence-corrected chi connectivity index (χ2v) is 7.46. The fraction of sp³-hybridized carbons (Fsp3) is 0.154. The van der Waals surface area contributed by atoms with E-state index in [0.29, 0.717) is 0 Å². The normalized spacial score (nSPS) is 11.6. The highest BCUT2D eigenvalue weighted by atomic mass is 14.7. The van der Waals surface area contributed by atoms with E-state index in [1.807, 2.05) is 0 Å². The van der Waals surface area contributed by atoms with Crippen molar-refractivity contribution in [3.05, 3.63) is 84.4 Å². The predicted molar refractivity (Wildman–Crippen MR) is 121 cm³/mol. The van der Waals surface area contributed by atoms with Crippen molar-refractivity contribution in [2.24, 2.45) is 5.73 Å². The molecular weight excluding hydrogens is 340 g/mol. The quantitative estimate of drug-likeness (QED) is 0.347. The number of aryl methyl sites for hydroxylation is 1. The van der Waals surface area contributed by atoms with E-state index in [2.05, 4.69) is 83.8 Å². The maximum absolute atomic E-state index is 5.77. The zero-order chi connectivity index (χ0) is 18.9. The van der Waals surface area contributed by atoms with Gasteiger partial charge in [-0.05, 0) is 47.5 Å². The number of hydrogen-bond donors (Lipinski definition) is 2. The molecule has 4 aromatic carbocycles. The second kappa shape index (κ2) is 7.14. The number of fused-ring (bicyclic) bond motifs is 4. The fourth-order valence-corrected chi connectivity index (χ4v) is 4.37. The van der Waals surface area contributed by atoms with Gasteiger partial charge >= 0.3 is 0 Å². The Labute approximate surface area is 165 Å². The predicted octanol–water partition coefficient (Wildman–Crippen LogP) is 6.42. The van der Waals surface area contributed by atoms with E-state index in [0.717, 1.165) is 25.8 Å². The summed E-state index contributed by atoms with van der Waals surface area (Å²) in [5.41, 5.74) is 10.9. The molecule has 0 unspecified atom stereocenters. The van der Waals surface area contributed by atoms with Crippen LogP contribution >= 0.6 is 0 Å². The summed E-state index contributed by atoms with van der Waals surface area (Å²) >= 11 is 0. The van der Waals surface area contributed by atoms with E-state index >= 15 is 0 Å². The molecule has 0 saturated carbocycles. The van der Waals surface area contributed by atoms with Crippen LogP contribution in [-0.4, -0.2) is 11.5 Å². The largest absolute Gasteiger partial charge is 0.354 e. The van der Waals surface area contributed by atoms with Gasteiger partial charge in [-0.25, -0.2) is 0 Å². The van der Waals surface area contributed by atoms with Crippen LogP contribution in [0.1, 0.15) is 18.4 Å². The number of aromatic amines is 1. The number of H-pyrrole nitrogens is 1. The number of unbranched alkanes of at least 4 members (excludes halogenated alkanes) is 1. The number of hydrogen-bond acceptors (Lipinski definition) is 1. The summed E-state index contributed by atoms with van der Waals surface area (Å²) in [5.74, 6) is 0. The highest BCUT2D eigenvalue weighted by Gasteiger charge is 2.16. The lowest BCUT2D eigenvalue weighted by Gasteiger charge is -2.09. The molecule has 0 amide bonds. The molecule has 5 aromatic rings. The maximum Gasteiger partial charge on any atom is 0.0541 e. The van der Waals surface area contributed by atoms with E-state index in [1.165, 1.54) is 49.3 Å². The summed E-state index contributed by atoms with van der Waals surface area (Å²) in [6.07, 6.45) is 3.19. The molecule has 2 nitrogen and oxygen atoms in total. The molecule has 0 aliphatic heterocycles. The zero-order valence-electron chi connectivity index (χ0n) is 15.9. The molecular formula is C26H24N2. The van der Waals surface area contributed by atoms with Gasteiger partial charge in [-0.3, -0.25) is 0 Å². The molecule has 0 spiro atoms. The highest BCUT2D eigenvalue weighted by molar-refractivity contribution is 6.10. The summed E-state index contributed by atoms with van der Waals surface area (Å²) < 4.78 is 0. The lowest BCUT2D eigenvalue weighted by molar-refractivity contribution is 0.748. The Hall–Kier alpha value is -3.10. The minimum atomic E-state index is 0.745. The van der Waals surface area contributed by atoms with Gasteiger partial charge in [0.25, 0.3) is 0 Å². The lowest BCUT2D eigenvalue weighted by atomic mass is 9.96. The molecule has 0 radical (unpaired) electrons. The molecule has 0 aliphatic rings. The van der Waals surface area contributed by atoms with Gasteiger partial charge in [-0.1, -0.05) is 78.9 Å².